The Labute approximate surface area is 149 Å². The summed E-state index contributed by atoms with van der Waals surface area (Å²) in [4.78, 5) is 0.0276. The number of nitrogens with one attached hydrogen (secondary N) is 2. The molecule has 3 rings (SSSR count). The molecule has 0 aliphatic carbocycles. The first kappa shape index (κ1) is 18.8. The number of piperidine rings is 1. The standard InChI is InChI=1S/C16H25N3O4S2/c20-24(21,18-13-14-6-5-9-17-14)15-7-4-8-16(12-15)25(22,23)19-10-2-1-3-11-19/h4,7-8,12,14,17-18H,1-3,5-6,9-11,13H2. The van der Waals surface area contributed by atoms with Crippen LogP contribution in [-0.2, 0) is 20.0 Å². The molecular formula is C16H25N3O4S2. The lowest BCUT2D eigenvalue weighted by Gasteiger charge is -2.26. The van der Waals surface area contributed by atoms with E-state index in [0.717, 1.165) is 38.6 Å². The molecule has 0 radical (unpaired) electrons. The second-order valence-electron chi connectivity index (χ2n) is 6.58. The van der Waals surface area contributed by atoms with Crippen molar-refractivity contribution in [3.63, 3.8) is 0 Å². The van der Waals surface area contributed by atoms with E-state index in [1.165, 1.54) is 28.6 Å². The molecule has 0 amide bonds. The van der Waals surface area contributed by atoms with Crippen LogP contribution in [-0.4, -0.2) is 53.4 Å². The first-order valence-corrected chi connectivity index (χ1v) is 11.7. The number of benzene rings is 1. The fraction of sp³-hybridized carbons (Fsp3) is 0.625. The fourth-order valence-electron chi connectivity index (χ4n) is 3.28. The van der Waals surface area contributed by atoms with Gasteiger partial charge in [-0.15, -0.1) is 0 Å². The highest BCUT2D eigenvalue weighted by Gasteiger charge is 2.27. The number of nitrogens with zero attached hydrogens (tertiary/aromatic N) is 1. The van der Waals surface area contributed by atoms with Crippen LogP contribution in [0, 0.1) is 0 Å². The molecule has 2 aliphatic heterocycles. The third kappa shape index (κ3) is 4.40. The van der Waals surface area contributed by atoms with Crippen LogP contribution in [0.1, 0.15) is 32.1 Å². The molecule has 9 heteroatoms. The van der Waals surface area contributed by atoms with Crippen molar-refractivity contribution in [1.29, 1.82) is 0 Å². The zero-order valence-electron chi connectivity index (χ0n) is 14.1. The molecule has 2 fully saturated rings. The van der Waals surface area contributed by atoms with Gasteiger partial charge >= 0.3 is 0 Å². The van der Waals surface area contributed by atoms with Crippen LogP contribution >= 0.6 is 0 Å². The van der Waals surface area contributed by atoms with Crippen LogP contribution in [0.2, 0.25) is 0 Å². The summed E-state index contributed by atoms with van der Waals surface area (Å²) in [5, 5.41) is 3.23. The lowest BCUT2D eigenvalue weighted by atomic mass is 10.2. The molecule has 2 saturated heterocycles. The van der Waals surface area contributed by atoms with Gasteiger partial charge in [0.2, 0.25) is 20.0 Å². The number of rotatable bonds is 6. The van der Waals surface area contributed by atoms with E-state index >= 15 is 0 Å². The first-order chi connectivity index (χ1) is 11.9. The molecule has 2 heterocycles. The summed E-state index contributed by atoms with van der Waals surface area (Å²) < 4.78 is 54.5. The average molecular weight is 388 g/mol. The van der Waals surface area contributed by atoms with Crippen molar-refractivity contribution in [3.05, 3.63) is 24.3 Å². The molecule has 0 spiro atoms. The Morgan fingerprint density at radius 3 is 2.44 bits per heavy atom. The lowest BCUT2D eigenvalue weighted by molar-refractivity contribution is 0.346. The van der Waals surface area contributed by atoms with E-state index in [-0.39, 0.29) is 15.8 Å². The smallest absolute Gasteiger partial charge is 0.243 e. The Morgan fingerprint density at radius 2 is 1.76 bits per heavy atom. The van der Waals surface area contributed by atoms with Gasteiger partial charge in [-0.3, -0.25) is 0 Å². The number of hydrogen-bond acceptors (Lipinski definition) is 5. The second-order valence-corrected chi connectivity index (χ2v) is 10.3. The summed E-state index contributed by atoms with van der Waals surface area (Å²) in [5.74, 6) is 0. The second kappa shape index (κ2) is 7.71. The summed E-state index contributed by atoms with van der Waals surface area (Å²) in [5.41, 5.74) is 0. The number of hydrogen-bond donors (Lipinski definition) is 2. The highest BCUT2D eigenvalue weighted by molar-refractivity contribution is 7.90. The van der Waals surface area contributed by atoms with Gasteiger partial charge in [0, 0.05) is 25.7 Å². The Balaban J connectivity index is 1.77. The maximum atomic E-state index is 12.7. The summed E-state index contributed by atoms with van der Waals surface area (Å²) in [6.45, 7) is 2.19. The molecule has 2 N–H and O–H groups in total. The van der Waals surface area contributed by atoms with Crippen LogP contribution in [0.15, 0.2) is 34.1 Å². The van der Waals surface area contributed by atoms with Crippen molar-refractivity contribution in [1.82, 2.24) is 14.3 Å². The van der Waals surface area contributed by atoms with Crippen molar-refractivity contribution in [3.8, 4) is 0 Å². The highest BCUT2D eigenvalue weighted by atomic mass is 32.2. The Bertz CT molecular complexity index is 796. The van der Waals surface area contributed by atoms with Crippen LogP contribution in [0.4, 0.5) is 0 Å². The maximum absolute atomic E-state index is 12.7. The topological polar surface area (TPSA) is 95.6 Å². The van der Waals surface area contributed by atoms with Gasteiger partial charge in [-0.1, -0.05) is 12.5 Å². The summed E-state index contributed by atoms with van der Waals surface area (Å²) in [6.07, 6.45) is 4.68. The fourth-order valence-corrected chi connectivity index (χ4v) is 6.05. The number of sulfonamides is 2. The largest absolute Gasteiger partial charge is 0.313 e. The molecule has 1 aromatic rings. The van der Waals surface area contributed by atoms with E-state index in [0.29, 0.717) is 19.6 Å². The van der Waals surface area contributed by atoms with Gasteiger partial charge in [0.25, 0.3) is 0 Å². The van der Waals surface area contributed by atoms with Crippen LogP contribution in [0.25, 0.3) is 0 Å². The lowest BCUT2D eigenvalue weighted by Crippen LogP contribution is -2.37. The van der Waals surface area contributed by atoms with Crippen LogP contribution < -0.4 is 10.0 Å². The monoisotopic (exact) mass is 387 g/mol. The Morgan fingerprint density at radius 1 is 1.04 bits per heavy atom. The van der Waals surface area contributed by atoms with E-state index in [9.17, 15) is 16.8 Å². The van der Waals surface area contributed by atoms with Crippen molar-refractivity contribution in [2.24, 2.45) is 0 Å². The molecule has 25 heavy (non-hydrogen) atoms. The summed E-state index contributed by atoms with van der Waals surface area (Å²) in [6, 6.07) is 5.77. The molecule has 1 unspecified atom stereocenters. The predicted octanol–water partition coefficient (Wildman–Crippen LogP) is 0.892. The highest BCUT2D eigenvalue weighted by Crippen LogP contribution is 2.22. The van der Waals surface area contributed by atoms with Crippen molar-refractivity contribution in [2.75, 3.05) is 26.2 Å². The molecule has 2 aliphatic rings. The summed E-state index contributed by atoms with van der Waals surface area (Å²) in [7, 11) is -7.38. The SMILES string of the molecule is O=S(=O)(NCC1CCCN1)c1cccc(S(=O)(=O)N2CCCCC2)c1. The first-order valence-electron chi connectivity index (χ1n) is 8.73. The normalized spacial score (nSPS) is 23.0. The zero-order chi connectivity index (χ0) is 17.9. The Hall–Kier alpha value is -1.00. The molecule has 1 aromatic carbocycles. The van der Waals surface area contributed by atoms with Crippen molar-refractivity contribution < 1.29 is 16.8 Å². The minimum Gasteiger partial charge on any atom is -0.313 e. The van der Waals surface area contributed by atoms with E-state index < -0.39 is 20.0 Å². The molecule has 0 aromatic heterocycles. The molecule has 1 atom stereocenters. The molecular weight excluding hydrogens is 362 g/mol. The van der Waals surface area contributed by atoms with Gasteiger partial charge in [-0.05, 0) is 50.4 Å². The van der Waals surface area contributed by atoms with Gasteiger partial charge in [0.1, 0.15) is 0 Å². The molecule has 0 saturated carbocycles. The van der Waals surface area contributed by atoms with Gasteiger partial charge in [-0.25, -0.2) is 21.6 Å². The third-order valence-electron chi connectivity index (χ3n) is 4.75. The molecule has 140 valence electrons. The Kier molecular flexibility index (Phi) is 5.79. The molecule has 7 nitrogen and oxygen atoms in total. The quantitative estimate of drug-likeness (QED) is 0.756. The average Bonchev–Trinajstić information content (AvgIpc) is 3.15. The zero-order valence-corrected chi connectivity index (χ0v) is 15.8. The van der Waals surface area contributed by atoms with Gasteiger partial charge in [0.05, 0.1) is 9.79 Å². The van der Waals surface area contributed by atoms with E-state index in [1.54, 1.807) is 0 Å². The molecule has 0 bridgehead atoms. The maximum Gasteiger partial charge on any atom is 0.243 e. The van der Waals surface area contributed by atoms with Crippen molar-refractivity contribution >= 4 is 20.0 Å². The minimum atomic E-state index is -3.73. The third-order valence-corrected chi connectivity index (χ3v) is 8.07. The van der Waals surface area contributed by atoms with Gasteiger partial charge in [0.15, 0.2) is 0 Å². The predicted molar refractivity (Wildman–Crippen MR) is 95.3 cm³/mol. The van der Waals surface area contributed by atoms with E-state index in [2.05, 4.69) is 10.0 Å². The van der Waals surface area contributed by atoms with Gasteiger partial charge < -0.3 is 5.32 Å². The minimum absolute atomic E-state index is 0.0106. The van der Waals surface area contributed by atoms with E-state index in [1.807, 2.05) is 0 Å². The summed E-state index contributed by atoms with van der Waals surface area (Å²) >= 11 is 0. The van der Waals surface area contributed by atoms with Crippen molar-refractivity contribution in [2.45, 2.75) is 47.9 Å². The van der Waals surface area contributed by atoms with Gasteiger partial charge in [-0.2, -0.15) is 4.31 Å². The van der Waals surface area contributed by atoms with Crippen LogP contribution in [0.3, 0.4) is 0 Å². The van der Waals surface area contributed by atoms with Crippen LogP contribution in [0.5, 0.6) is 0 Å². The van der Waals surface area contributed by atoms with E-state index in [4.69, 9.17) is 0 Å².